The van der Waals surface area contributed by atoms with Gasteiger partial charge in [0.15, 0.2) is 0 Å². The fourth-order valence-corrected chi connectivity index (χ4v) is 9.20. The van der Waals surface area contributed by atoms with Crippen LogP contribution in [0, 0.1) is 5.41 Å². The van der Waals surface area contributed by atoms with Crippen molar-refractivity contribution >= 4 is 22.8 Å². The Hall–Kier alpha value is -3.32. The molecule has 1 amide bonds. The quantitative estimate of drug-likeness (QED) is 0.438. The Morgan fingerprint density at radius 3 is 2.44 bits per heavy atom. The molecule has 7 heteroatoms. The molecule has 0 spiro atoms. The standard InChI is InChI=1S/C34H39N3O4/c1-35-17-22-12-13-23(18-35)37(22)33(40)34-16-26(34)30-25(9-6-10-28(30)41-2)31-29(20-7-4-3-5-8-20)24-14-11-21(32(38)39)15-27(24)36(31)19-34/h6,9-11,14-15,20,22-23,26H,3-5,7-8,12-13,16-19H2,1-2H3,(H,38,39)/t22?,23?,26-,34-/m0/s1. The van der Waals surface area contributed by atoms with Gasteiger partial charge in [-0.1, -0.05) is 37.5 Å². The molecule has 4 fully saturated rings. The van der Waals surface area contributed by atoms with Gasteiger partial charge in [0.2, 0.25) is 5.91 Å². The largest absolute Gasteiger partial charge is 0.496 e. The van der Waals surface area contributed by atoms with E-state index >= 15 is 0 Å². The van der Waals surface area contributed by atoms with E-state index in [9.17, 15) is 14.7 Å². The number of likely N-dealkylation sites (N-methyl/N-ethyl adjacent to an activating group) is 1. The summed E-state index contributed by atoms with van der Waals surface area (Å²) in [6.07, 6.45) is 8.94. The first-order valence-corrected chi connectivity index (χ1v) is 15.5. The molecule has 7 nitrogen and oxygen atoms in total. The summed E-state index contributed by atoms with van der Waals surface area (Å²) in [6, 6.07) is 12.5. The number of nitrogens with zero attached hydrogens (tertiary/aromatic N) is 3. The first kappa shape index (κ1) is 25.4. The van der Waals surface area contributed by atoms with E-state index in [4.69, 9.17) is 4.74 Å². The molecule has 2 unspecified atom stereocenters. The van der Waals surface area contributed by atoms with Gasteiger partial charge in [0.05, 0.1) is 23.8 Å². The number of carbonyl (C=O) groups is 2. The van der Waals surface area contributed by atoms with E-state index in [1.54, 1.807) is 13.2 Å². The highest BCUT2D eigenvalue weighted by Crippen LogP contribution is 2.68. The summed E-state index contributed by atoms with van der Waals surface area (Å²) in [5.74, 6) is 0.761. The van der Waals surface area contributed by atoms with Crippen molar-refractivity contribution in [3.8, 4) is 17.0 Å². The molecule has 41 heavy (non-hydrogen) atoms. The van der Waals surface area contributed by atoms with Crippen LogP contribution >= 0.6 is 0 Å². The first-order chi connectivity index (χ1) is 19.9. The number of piperazine rings is 1. The van der Waals surface area contributed by atoms with Gasteiger partial charge in [-0.15, -0.1) is 0 Å². The molecule has 2 aliphatic carbocycles. The normalized spacial score (nSPS) is 29.0. The van der Waals surface area contributed by atoms with Gasteiger partial charge in [-0.3, -0.25) is 4.79 Å². The second-order valence-electron chi connectivity index (χ2n) is 13.4. The highest BCUT2D eigenvalue weighted by atomic mass is 16.5. The number of fused-ring (bicyclic) bond motifs is 9. The van der Waals surface area contributed by atoms with Crippen LogP contribution in [-0.2, 0) is 11.3 Å². The second kappa shape index (κ2) is 9.09. The third kappa shape index (κ3) is 3.60. The minimum atomic E-state index is -0.915. The SMILES string of the molecule is COc1cccc2c1[C@@H]1C[C@]1(C(=O)N1C3CCC1CN(C)C3)Cn1c-2c(C2CCCCC2)c2ccc(C(=O)O)cc21. The minimum Gasteiger partial charge on any atom is -0.496 e. The summed E-state index contributed by atoms with van der Waals surface area (Å²) in [6.45, 7) is 2.46. The van der Waals surface area contributed by atoms with E-state index in [0.29, 0.717) is 23.9 Å². The van der Waals surface area contributed by atoms with Crippen molar-refractivity contribution in [3.63, 3.8) is 0 Å². The number of methoxy groups -OCH3 is 1. The molecule has 1 aromatic heterocycles. The molecule has 1 N–H and O–H groups in total. The summed E-state index contributed by atoms with van der Waals surface area (Å²) < 4.78 is 8.36. The van der Waals surface area contributed by atoms with E-state index in [-0.39, 0.29) is 18.0 Å². The summed E-state index contributed by atoms with van der Waals surface area (Å²) in [5.41, 5.74) is 5.57. The van der Waals surface area contributed by atoms with Crippen molar-refractivity contribution < 1.29 is 19.4 Å². The third-order valence-corrected chi connectivity index (χ3v) is 11.1. The lowest BCUT2D eigenvalue weighted by Gasteiger charge is -2.41. The van der Waals surface area contributed by atoms with Crippen LogP contribution in [-0.4, -0.2) is 70.7 Å². The maximum Gasteiger partial charge on any atom is 0.335 e. The number of rotatable bonds is 4. The number of likely N-dealkylation sites (tertiary alicyclic amines) is 1. The van der Waals surface area contributed by atoms with Crippen LogP contribution in [0.15, 0.2) is 36.4 Å². The van der Waals surface area contributed by atoms with Crippen LogP contribution in [0.5, 0.6) is 5.75 Å². The number of carboxylic acids is 1. The van der Waals surface area contributed by atoms with Crippen molar-refractivity contribution in [2.75, 3.05) is 27.2 Å². The maximum absolute atomic E-state index is 14.8. The van der Waals surface area contributed by atoms with Crippen LogP contribution in [0.1, 0.15) is 84.7 Å². The molecule has 2 saturated heterocycles. The van der Waals surface area contributed by atoms with Gasteiger partial charge in [-0.05, 0) is 68.8 Å². The Labute approximate surface area is 241 Å². The van der Waals surface area contributed by atoms with Gasteiger partial charge >= 0.3 is 5.97 Å². The topological polar surface area (TPSA) is 75.0 Å². The molecule has 2 bridgehead atoms. The smallest absolute Gasteiger partial charge is 0.335 e. The zero-order chi connectivity index (χ0) is 28.0. The number of ether oxygens (including phenoxy) is 1. The summed E-state index contributed by atoms with van der Waals surface area (Å²) >= 11 is 0. The van der Waals surface area contributed by atoms with Gasteiger partial charge in [0.1, 0.15) is 5.75 Å². The van der Waals surface area contributed by atoms with Crippen molar-refractivity contribution in [1.82, 2.24) is 14.4 Å². The van der Waals surface area contributed by atoms with E-state index in [2.05, 4.69) is 33.5 Å². The van der Waals surface area contributed by atoms with Gasteiger partial charge in [0.25, 0.3) is 0 Å². The van der Waals surface area contributed by atoms with Gasteiger partial charge in [-0.2, -0.15) is 0 Å². The van der Waals surface area contributed by atoms with Crippen molar-refractivity contribution in [2.24, 2.45) is 5.41 Å². The lowest BCUT2D eigenvalue weighted by Crippen LogP contribution is -2.57. The van der Waals surface area contributed by atoms with Crippen LogP contribution in [0.3, 0.4) is 0 Å². The number of hydrogen-bond acceptors (Lipinski definition) is 4. The zero-order valence-electron chi connectivity index (χ0n) is 24.1. The Balaban J connectivity index is 1.37. The van der Waals surface area contributed by atoms with E-state index in [1.807, 2.05) is 18.2 Å². The van der Waals surface area contributed by atoms with Gasteiger partial charge < -0.3 is 24.2 Å². The van der Waals surface area contributed by atoms with Crippen molar-refractivity contribution in [3.05, 3.63) is 53.1 Å². The molecular weight excluding hydrogens is 514 g/mol. The summed E-state index contributed by atoms with van der Waals surface area (Å²) in [4.78, 5) is 31.6. The molecule has 2 aromatic carbocycles. The van der Waals surface area contributed by atoms with Crippen LogP contribution in [0.25, 0.3) is 22.2 Å². The monoisotopic (exact) mass is 553 g/mol. The third-order valence-electron chi connectivity index (χ3n) is 11.1. The van der Waals surface area contributed by atoms with Crippen molar-refractivity contribution in [1.29, 1.82) is 0 Å². The summed E-state index contributed by atoms with van der Waals surface area (Å²) in [5, 5.41) is 11.1. The average molecular weight is 554 g/mol. The summed E-state index contributed by atoms with van der Waals surface area (Å²) in [7, 11) is 3.91. The maximum atomic E-state index is 14.8. The molecule has 3 aromatic rings. The molecule has 3 aliphatic heterocycles. The molecule has 2 saturated carbocycles. The lowest BCUT2D eigenvalue weighted by molar-refractivity contribution is -0.143. The number of hydrogen-bond donors (Lipinski definition) is 1. The molecule has 0 radical (unpaired) electrons. The molecular formula is C34H39N3O4. The Morgan fingerprint density at radius 1 is 0.976 bits per heavy atom. The van der Waals surface area contributed by atoms with Crippen LogP contribution in [0.4, 0.5) is 0 Å². The Morgan fingerprint density at radius 2 is 1.73 bits per heavy atom. The number of aromatic nitrogens is 1. The highest BCUT2D eigenvalue weighted by Gasteiger charge is 2.66. The highest BCUT2D eigenvalue weighted by molar-refractivity contribution is 6.00. The molecule has 8 rings (SSSR count). The predicted molar refractivity (Wildman–Crippen MR) is 158 cm³/mol. The van der Waals surface area contributed by atoms with Crippen LogP contribution < -0.4 is 4.74 Å². The van der Waals surface area contributed by atoms with Crippen LogP contribution in [0.2, 0.25) is 0 Å². The number of aromatic carboxylic acids is 1. The van der Waals surface area contributed by atoms with E-state index < -0.39 is 11.4 Å². The zero-order valence-corrected chi connectivity index (χ0v) is 24.1. The predicted octanol–water partition coefficient (Wildman–Crippen LogP) is 5.86. The average Bonchev–Trinajstić information content (AvgIpc) is 3.56. The fraction of sp³-hybridized carbons (Fsp3) is 0.529. The Bertz CT molecular complexity index is 1570. The minimum absolute atomic E-state index is 0.0945. The lowest BCUT2D eigenvalue weighted by atomic mass is 9.81. The molecule has 4 heterocycles. The fourth-order valence-electron chi connectivity index (χ4n) is 9.20. The number of carbonyl (C=O) groups excluding carboxylic acids is 1. The number of benzene rings is 2. The molecule has 4 atom stereocenters. The van der Waals surface area contributed by atoms with Gasteiger partial charge in [0, 0.05) is 59.7 Å². The molecule has 214 valence electrons. The van der Waals surface area contributed by atoms with E-state index in [0.717, 1.165) is 67.4 Å². The number of carboxylic acid groups (broad SMARTS) is 1. The second-order valence-corrected chi connectivity index (χ2v) is 13.4. The number of amides is 1. The first-order valence-electron chi connectivity index (χ1n) is 15.5. The van der Waals surface area contributed by atoms with Gasteiger partial charge in [-0.25, -0.2) is 4.79 Å². The van der Waals surface area contributed by atoms with Crippen molar-refractivity contribution in [2.45, 2.75) is 81.8 Å². The molecule has 5 aliphatic rings. The Kier molecular flexibility index (Phi) is 5.63. The van der Waals surface area contributed by atoms with E-state index in [1.165, 1.54) is 36.1 Å².